The van der Waals surface area contributed by atoms with Gasteiger partial charge in [-0.05, 0) is 13.0 Å². The molecule has 6 N–H and O–H groups in total. The molecule has 1 aliphatic heterocycles. The third-order valence-electron chi connectivity index (χ3n) is 3.15. The fourth-order valence-corrected chi connectivity index (χ4v) is 2.08. The van der Waals surface area contributed by atoms with Crippen LogP contribution in [0.3, 0.4) is 0 Å². The highest BCUT2D eigenvalue weighted by Crippen LogP contribution is 2.05. The van der Waals surface area contributed by atoms with E-state index in [0.717, 1.165) is 58.9 Å². The topological polar surface area (TPSA) is 100 Å². The molecule has 1 rings (SSSR count). The predicted octanol–water partition coefficient (Wildman–Crippen LogP) is -2.52. The van der Waals surface area contributed by atoms with Gasteiger partial charge in [-0.1, -0.05) is 0 Å². The monoisotopic (exact) mass is 276 g/mol. The van der Waals surface area contributed by atoms with Crippen LogP contribution in [0.25, 0.3) is 0 Å². The maximum atomic E-state index is 8.86. The second-order valence-electron chi connectivity index (χ2n) is 4.97. The van der Waals surface area contributed by atoms with Crippen molar-refractivity contribution in [3.05, 3.63) is 0 Å². The van der Waals surface area contributed by atoms with E-state index >= 15 is 0 Å². The van der Waals surface area contributed by atoms with Crippen LogP contribution in [0, 0.1) is 0 Å². The van der Waals surface area contributed by atoms with E-state index in [-0.39, 0.29) is 6.42 Å². The summed E-state index contributed by atoms with van der Waals surface area (Å²) >= 11 is 0. The van der Waals surface area contributed by atoms with Crippen LogP contribution >= 0.6 is 0 Å². The first-order valence-electron chi connectivity index (χ1n) is 7.09. The minimum Gasteiger partial charge on any atom is -0.344 e. The second kappa shape index (κ2) is 9.60. The summed E-state index contributed by atoms with van der Waals surface area (Å²) in [5.74, 6) is -2.53. The van der Waals surface area contributed by atoms with Gasteiger partial charge in [0, 0.05) is 58.8 Å². The lowest BCUT2D eigenvalue weighted by molar-refractivity contribution is -0.315. The smallest absolute Gasteiger partial charge is 0.275 e. The van der Waals surface area contributed by atoms with Crippen LogP contribution < -0.4 is 16.0 Å². The molecule has 0 aliphatic carbocycles. The van der Waals surface area contributed by atoms with Crippen molar-refractivity contribution >= 4 is 0 Å². The maximum Gasteiger partial charge on any atom is 0.275 e. The molecule has 1 fully saturated rings. The largest absolute Gasteiger partial charge is 0.344 e. The fourth-order valence-electron chi connectivity index (χ4n) is 2.08. The van der Waals surface area contributed by atoms with Gasteiger partial charge in [-0.2, -0.15) is 0 Å². The van der Waals surface area contributed by atoms with Gasteiger partial charge in [0.2, 0.25) is 0 Å². The van der Waals surface area contributed by atoms with Gasteiger partial charge >= 0.3 is 0 Å². The van der Waals surface area contributed by atoms with Gasteiger partial charge in [0.05, 0.1) is 0 Å². The molecule has 0 unspecified atom stereocenters. The number of hydrogen-bond donors (Lipinski definition) is 6. The highest BCUT2D eigenvalue weighted by atomic mass is 16.7. The minimum absolute atomic E-state index is 0.0196. The molecule has 114 valence electrons. The molecule has 19 heavy (non-hydrogen) atoms. The Hall–Kier alpha value is -0.280. The standard InChI is InChI=1S/C12H28N4O3/c17-12(18,19)2-1-9-16-10-7-14-5-3-13-4-6-15-8-11-16/h13-15,17-19H,1-11H2. The molecule has 0 aromatic carbocycles. The molecular formula is C12H28N4O3. The van der Waals surface area contributed by atoms with E-state index in [2.05, 4.69) is 20.9 Å². The van der Waals surface area contributed by atoms with Crippen molar-refractivity contribution in [1.29, 1.82) is 0 Å². The molecule has 0 aromatic rings. The zero-order valence-corrected chi connectivity index (χ0v) is 11.6. The summed E-state index contributed by atoms with van der Waals surface area (Å²) in [6.45, 7) is 8.32. The molecule has 0 saturated carbocycles. The highest BCUT2D eigenvalue weighted by molar-refractivity contribution is 4.65. The highest BCUT2D eigenvalue weighted by Gasteiger charge is 2.17. The number of nitrogens with one attached hydrogen (secondary N) is 3. The first-order chi connectivity index (χ1) is 9.08. The quantitative estimate of drug-likeness (QED) is 0.315. The molecule has 7 nitrogen and oxygen atoms in total. The molecule has 0 amide bonds. The van der Waals surface area contributed by atoms with E-state index in [0.29, 0.717) is 6.42 Å². The Morgan fingerprint density at radius 1 is 0.789 bits per heavy atom. The molecule has 1 aliphatic rings. The van der Waals surface area contributed by atoms with E-state index in [1.165, 1.54) is 0 Å². The Morgan fingerprint density at radius 3 is 1.74 bits per heavy atom. The molecule has 0 spiro atoms. The third kappa shape index (κ3) is 10.2. The van der Waals surface area contributed by atoms with Crippen molar-refractivity contribution in [2.45, 2.75) is 18.8 Å². The SMILES string of the molecule is OC(O)(O)CCCN1CCNCCNCCNCC1. The number of aliphatic hydroxyl groups is 3. The zero-order chi connectivity index (χ0) is 14.0. The summed E-state index contributed by atoms with van der Waals surface area (Å²) in [5.41, 5.74) is 0. The van der Waals surface area contributed by atoms with Crippen molar-refractivity contribution < 1.29 is 15.3 Å². The van der Waals surface area contributed by atoms with Gasteiger partial charge in [0.25, 0.3) is 5.97 Å². The average molecular weight is 276 g/mol. The minimum atomic E-state index is -2.53. The van der Waals surface area contributed by atoms with Crippen LogP contribution in [-0.4, -0.2) is 85.1 Å². The number of rotatable bonds is 4. The lowest BCUT2D eigenvalue weighted by Gasteiger charge is -2.24. The zero-order valence-electron chi connectivity index (χ0n) is 11.6. The van der Waals surface area contributed by atoms with Gasteiger partial charge in [0.15, 0.2) is 0 Å². The molecule has 0 radical (unpaired) electrons. The fraction of sp³-hybridized carbons (Fsp3) is 1.00. The maximum absolute atomic E-state index is 8.86. The van der Waals surface area contributed by atoms with Crippen LogP contribution in [0.2, 0.25) is 0 Å². The van der Waals surface area contributed by atoms with E-state index in [9.17, 15) is 0 Å². The van der Waals surface area contributed by atoms with Crippen LogP contribution in [0.15, 0.2) is 0 Å². The van der Waals surface area contributed by atoms with Crippen molar-refractivity contribution in [2.75, 3.05) is 58.9 Å². The van der Waals surface area contributed by atoms with E-state index < -0.39 is 5.97 Å². The van der Waals surface area contributed by atoms with Crippen molar-refractivity contribution in [1.82, 2.24) is 20.9 Å². The van der Waals surface area contributed by atoms with Crippen LogP contribution in [0.5, 0.6) is 0 Å². The lowest BCUT2D eigenvalue weighted by Crippen LogP contribution is -2.42. The van der Waals surface area contributed by atoms with Gasteiger partial charge in [-0.25, -0.2) is 0 Å². The van der Waals surface area contributed by atoms with Gasteiger partial charge in [-0.3, -0.25) is 0 Å². The molecule has 1 heterocycles. The van der Waals surface area contributed by atoms with E-state index in [4.69, 9.17) is 15.3 Å². The summed E-state index contributed by atoms with van der Waals surface area (Å²) in [6, 6.07) is 0. The van der Waals surface area contributed by atoms with Crippen LogP contribution in [0.4, 0.5) is 0 Å². The summed E-state index contributed by atoms with van der Waals surface area (Å²) < 4.78 is 0. The number of nitrogens with zero attached hydrogens (tertiary/aromatic N) is 1. The third-order valence-corrected chi connectivity index (χ3v) is 3.15. The summed E-state index contributed by atoms with van der Waals surface area (Å²) in [4.78, 5) is 2.26. The van der Waals surface area contributed by atoms with E-state index in [1.54, 1.807) is 0 Å². The molecular weight excluding hydrogens is 248 g/mol. The average Bonchev–Trinajstić information content (AvgIpc) is 2.30. The Morgan fingerprint density at radius 2 is 1.26 bits per heavy atom. The Kier molecular flexibility index (Phi) is 8.47. The van der Waals surface area contributed by atoms with Crippen LogP contribution in [-0.2, 0) is 0 Å². The van der Waals surface area contributed by atoms with Gasteiger partial charge in [0.1, 0.15) is 0 Å². The lowest BCUT2D eigenvalue weighted by atomic mass is 10.2. The summed E-state index contributed by atoms with van der Waals surface area (Å²) in [5, 5.41) is 36.7. The Bertz CT molecular complexity index is 212. The normalized spacial score (nSPS) is 21.6. The van der Waals surface area contributed by atoms with Gasteiger partial charge in [-0.15, -0.1) is 0 Å². The molecule has 1 saturated heterocycles. The number of hydrogen-bond acceptors (Lipinski definition) is 7. The Balaban J connectivity index is 2.22. The van der Waals surface area contributed by atoms with Crippen molar-refractivity contribution in [3.8, 4) is 0 Å². The van der Waals surface area contributed by atoms with Crippen LogP contribution in [0.1, 0.15) is 12.8 Å². The molecule has 0 aromatic heterocycles. The molecule has 0 atom stereocenters. The first kappa shape index (κ1) is 16.8. The first-order valence-corrected chi connectivity index (χ1v) is 7.09. The summed E-state index contributed by atoms with van der Waals surface area (Å²) in [6.07, 6.45) is 0.541. The summed E-state index contributed by atoms with van der Waals surface area (Å²) in [7, 11) is 0. The van der Waals surface area contributed by atoms with Crippen molar-refractivity contribution in [2.24, 2.45) is 0 Å². The molecule has 7 heteroatoms. The predicted molar refractivity (Wildman–Crippen MR) is 73.7 cm³/mol. The van der Waals surface area contributed by atoms with E-state index in [1.807, 2.05) is 0 Å². The second-order valence-corrected chi connectivity index (χ2v) is 4.97. The molecule has 0 bridgehead atoms. The van der Waals surface area contributed by atoms with Gasteiger partial charge < -0.3 is 36.2 Å². The van der Waals surface area contributed by atoms with Crippen molar-refractivity contribution in [3.63, 3.8) is 0 Å². The Labute approximate surface area is 115 Å².